The van der Waals surface area contributed by atoms with Gasteiger partial charge in [0.2, 0.25) is 5.91 Å². The van der Waals surface area contributed by atoms with Crippen molar-refractivity contribution in [2.45, 2.75) is 31.8 Å². The Balaban J connectivity index is 1.36. The number of nitrogens with zero attached hydrogens (tertiary/aromatic N) is 4. The molecule has 0 unspecified atom stereocenters. The summed E-state index contributed by atoms with van der Waals surface area (Å²) >= 11 is 1.46. The molecule has 0 N–H and O–H groups in total. The fourth-order valence-electron chi connectivity index (χ4n) is 3.70. The summed E-state index contributed by atoms with van der Waals surface area (Å²) in [7, 11) is 0. The number of thiophene rings is 1. The first-order chi connectivity index (χ1) is 13.1. The van der Waals surface area contributed by atoms with Crippen molar-refractivity contribution in [2.75, 3.05) is 32.8 Å². The molecule has 2 aromatic rings. The standard InChI is InChI=1S/C18H22N4O4S/c1-13-14(20-26-19-13)11-16(23)22-8-9-25-18(12-22)4-6-21(7-5-18)17(24)15-3-2-10-27-15/h2-3,10H,4-9,11-12H2,1H3. The van der Waals surface area contributed by atoms with E-state index in [9.17, 15) is 9.59 Å². The van der Waals surface area contributed by atoms with Crippen LogP contribution in [0, 0.1) is 6.92 Å². The van der Waals surface area contributed by atoms with Crippen molar-refractivity contribution < 1.29 is 19.0 Å². The van der Waals surface area contributed by atoms with E-state index >= 15 is 0 Å². The SMILES string of the molecule is Cc1nonc1CC(=O)N1CCOC2(CCN(C(=O)c3cccs3)CC2)C1. The Kier molecular flexibility index (Phi) is 4.96. The molecule has 4 heterocycles. The maximum Gasteiger partial charge on any atom is 0.263 e. The van der Waals surface area contributed by atoms with Gasteiger partial charge < -0.3 is 14.5 Å². The third-order valence-corrected chi connectivity index (χ3v) is 6.22. The first kappa shape index (κ1) is 18.1. The minimum Gasteiger partial charge on any atom is -0.371 e. The van der Waals surface area contributed by atoms with Crippen molar-refractivity contribution >= 4 is 23.2 Å². The van der Waals surface area contributed by atoms with E-state index in [2.05, 4.69) is 14.9 Å². The summed E-state index contributed by atoms with van der Waals surface area (Å²) in [6.07, 6.45) is 1.66. The van der Waals surface area contributed by atoms with Crippen molar-refractivity contribution in [3.8, 4) is 0 Å². The van der Waals surface area contributed by atoms with Crippen LogP contribution in [0.4, 0.5) is 0 Å². The van der Waals surface area contributed by atoms with Gasteiger partial charge in [0.25, 0.3) is 5.91 Å². The lowest BCUT2D eigenvalue weighted by atomic mass is 9.89. The number of ether oxygens (including phenoxy) is 1. The van der Waals surface area contributed by atoms with Crippen LogP contribution >= 0.6 is 11.3 Å². The molecule has 2 aliphatic heterocycles. The molecule has 2 amide bonds. The van der Waals surface area contributed by atoms with Crippen molar-refractivity contribution in [2.24, 2.45) is 0 Å². The molecule has 1 spiro atoms. The highest BCUT2D eigenvalue weighted by molar-refractivity contribution is 7.12. The van der Waals surface area contributed by atoms with E-state index in [1.165, 1.54) is 11.3 Å². The van der Waals surface area contributed by atoms with E-state index in [1.54, 1.807) is 6.92 Å². The largest absolute Gasteiger partial charge is 0.371 e. The minimum atomic E-state index is -0.364. The average molecular weight is 390 g/mol. The predicted octanol–water partition coefficient (Wildman–Crippen LogP) is 1.52. The molecule has 2 aromatic heterocycles. The smallest absolute Gasteiger partial charge is 0.263 e. The second-order valence-electron chi connectivity index (χ2n) is 7.09. The van der Waals surface area contributed by atoms with E-state index in [0.29, 0.717) is 44.2 Å². The highest BCUT2D eigenvalue weighted by Gasteiger charge is 2.42. The number of aryl methyl sites for hydroxylation is 1. The number of aromatic nitrogens is 2. The van der Waals surface area contributed by atoms with Crippen LogP contribution in [-0.2, 0) is 16.0 Å². The summed E-state index contributed by atoms with van der Waals surface area (Å²) in [6, 6.07) is 3.75. The number of piperidine rings is 1. The van der Waals surface area contributed by atoms with Gasteiger partial charge in [-0.3, -0.25) is 9.59 Å². The topological polar surface area (TPSA) is 88.8 Å². The van der Waals surface area contributed by atoms with E-state index < -0.39 is 0 Å². The predicted molar refractivity (Wildman–Crippen MR) is 97.5 cm³/mol. The normalized spacial score (nSPS) is 19.4. The molecule has 0 bridgehead atoms. The fourth-order valence-corrected chi connectivity index (χ4v) is 4.39. The summed E-state index contributed by atoms with van der Waals surface area (Å²) in [4.78, 5) is 29.7. The third kappa shape index (κ3) is 3.74. The molecule has 9 heteroatoms. The van der Waals surface area contributed by atoms with Gasteiger partial charge in [-0.15, -0.1) is 11.3 Å². The molecule has 144 valence electrons. The van der Waals surface area contributed by atoms with Crippen LogP contribution in [0.25, 0.3) is 0 Å². The Labute approximate surface area is 161 Å². The van der Waals surface area contributed by atoms with Gasteiger partial charge in [-0.25, -0.2) is 4.63 Å². The number of morpholine rings is 1. The maximum atomic E-state index is 12.7. The maximum absolute atomic E-state index is 12.7. The lowest BCUT2D eigenvalue weighted by Gasteiger charge is -2.47. The molecule has 0 aliphatic carbocycles. The number of hydrogen-bond acceptors (Lipinski definition) is 7. The van der Waals surface area contributed by atoms with Crippen molar-refractivity contribution in [3.63, 3.8) is 0 Å². The van der Waals surface area contributed by atoms with E-state index in [-0.39, 0.29) is 23.8 Å². The second-order valence-corrected chi connectivity index (χ2v) is 8.04. The van der Waals surface area contributed by atoms with Crippen molar-refractivity contribution in [3.05, 3.63) is 33.8 Å². The van der Waals surface area contributed by atoms with Crippen molar-refractivity contribution in [1.82, 2.24) is 20.1 Å². The highest BCUT2D eigenvalue weighted by Crippen LogP contribution is 2.31. The zero-order valence-corrected chi connectivity index (χ0v) is 16.0. The lowest BCUT2D eigenvalue weighted by molar-refractivity contribution is -0.157. The Morgan fingerprint density at radius 1 is 1.22 bits per heavy atom. The van der Waals surface area contributed by atoms with Gasteiger partial charge in [0.15, 0.2) is 0 Å². The zero-order valence-electron chi connectivity index (χ0n) is 15.2. The van der Waals surface area contributed by atoms with Gasteiger partial charge in [0.05, 0.1) is 23.5 Å². The Morgan fingerprint density at radius 2 is 2.04 bits per heavy atom. The Morgan fingerprint density at radius 3 is 2.70 bits per heavy atom. The minimum absolute atomic E-state index is 0.00793. The molecular weight excluding hydrogens is 368 g/mol. The molecule has 2 aliphatic rings. The van der Waals surface area contributed by atoms with Crippen LogP contribution in [0.3, 0.4) is 0 Å². The van der Waals surface area contributed by atoms with Gasteiger partial charge in [0.1, 0.15) is 11.4 Å². The van der Waals surface area contributed by atoms with Crippen LogP contribution in [0.15, 0.2) is 22.1 Å². The molecular formula is C18H22N4O4S. The first-order valence-corrected chi connectivity index (χ1v) is 9.97. The summed E-state index contributed by atoms with van der Waals surface area (Å²) in [5, 5.41) is 9.44. The van der Waals surface area contributed by atoms with Gasteiger partial charge in [0, 0.05) is 26.2 Å². The number of hydrogen-bond donors (Lipinski definition) is 0. The molecule has 0 aromatic carbocycles. The van der Waals surface area contributed by atoms with Gasteiger partial charge in [-0.2, -0.15) is 0 Å². The van der Waals surface area contributed by atoms with Gasteiger partial charge in [-0.05, 0) is 31.2 Å². The van der Waals surface area contributed by atoms with E-state index in [4.69, 9.17) is 4.74 Å². The molecule has 2 fully saturated rings. The lowest BCUT2D eigenvalue weighted by Crippen LogP contribution is -2.58. The Bertz CT molecular complexity index is 811. The van der Waals surface area contributed by atoms with Crippen LogP contribution < -0.4 is 0 Å². The Hall–Kier alpha value is -2.26. The number of likely N-dealkylation sites (tertiary alicyclic amines) is 1. The quantitative estimate of drug-likeness (QED) is 0.789. The molecule has 4 rings (SSSR count). The number of rotatable bonds is 3. The van der Waals surface area contributed by atoms with Crippen LogP contribution in [0.1, 0.15) is 33.9 Å². The zero-order chi connectivity index (χ0) is 18.9. The number of carbonyl (C=O) groups is 2. The summed E-state index contributed by atoms with van der Waals surface area (Å²) in [5.41, 5.74) is 0.862. The molecule has 2 saturated heterocycles. The van der Waals surface area contributed by atoms with Gasteiger partial charge in [-0.1, -0.05) is 16.4 Å². The monoisotopic (exact) mass is 390 g/mol. The molecule has 0 radical (unpaired) electrons. The second kappa shape index (κ2) is 7.40. The molecule has 0 saturated carbocycles. The molecule has 0 atom stereocenters. The first-order valence-electron chi connectivity index (χ1n) is 9.09. The number of carbonyl (C=O) groups excluding carboxylic acids is 2. The molecule has 27 heavy (non-hydrogen) atoms. The molecule has 8 nitrogen and oxygen atoms in total. The highest BCUT2D eigenvalue weighted by atomic mass is 32.1. The average Bonchev–Trinajstić information content (AvgIpc) is 3.34. The van der Waals surface area contributed by atoms with E-state index in [0.717, 1.165) is 17.7 Å². The summed E-state index contributed by atoms with van der Waals surface area (Å²) < 4.78 is 10.8. The van der Waals surface area contributed by atoms with Crippen LogP contribution in [0.2, 0.25) is 0 Å². The summed E-state index contributed by atoms with van der Waals surface area (Å²) in [6.45, 7) is 4.71. The summed E-state index contributed by atoms with van der Waals surface area (Å²) in [5.74, 6) is 0.0890. The van der Waals surface area contributed by atoms with Gasteiger partial charge >= 0.3 is 0 Å². The van der Waals surface area contributed by atoms with E-state index in [1.807, 2.05) is 27.3 Å². The third-order valence-electron chi connectivity index (χ3n) is 5.36. The van der Waals surface area contributed by atoms with Crippen LogP contribution in [0.5, 0.6) is 0 Å². The van der Waals surface area contributed by atoms with Crippen molar-refractivity contribution in [1.29, 1.82) is 0 Å². The fraction of sp³-hybridized carbons (Fsp3) is 0.556. The number of amides is 2. The van der Waals surface area contributed by atoms with Crippen LogP contribution in [-0.4, -0.2) is 70.3 Å².